The molecule has 0 spiro atoms. The van der Waals surface area contributed by atoms with Crippen LogP contribution >= 0.6 is 0 Å². The minimum Gasteiger partial charge on any atom is -0.451 e. The maximum absolute atomic E-state index is 13.4. The van der Waals surface area contributed by atoms with E-state index in [0.29, 0.717) is 18.5 Å². The van der Waals surface area contributed by atoms with E-state index < -0.39 is 6.10 Å². The van der Waals surface area contributed by atoms with Crippen LogP contribution in [0.15, 0.2) is 29.3 Å². The standard InChI is InChI=1S/C26H39N3O2/c1-3-28(4-2)22-17-15-20(16-18-22)19-24-25(30)29(23-13-9-6-10-14-23)26(31-24)27-21-11-7-5-8-12-21/h15-18,21,23-24H,3-14,19H2,1-2H3. The van der Waals surface area contributed by atoms with Gasteiger partial charge in [-0.25, -0.2) is 4.99 Å². The summed E-state index contributed by atoms with van der Waals surface area (Å²) in [6, 6.07) is 9.81. The number of amides is 1. The number of carbonyl (C=O) groups excluding carboxylic acids is 1. The van der Waals surface area contributed by atoms with Gasteiger partial charge in [0.1, 0.15) is 0 Å². The molecule has 3 fully saturated rings. The van der Waals surface area contributed by atoms with Gasteiger partial charge >= 0.3 is 0 Å². The number of rotatable bonds is 7. The van der Waals surface area contributed by atoms with E-state index in [-0.39, 0.29) is 11.9 Å². The van der Waals surface area contributed by atoms with Gasteiger partial charge < -0.3 is 9.64 Å². The Bertz CT molecular complexity index is 744. The summed E-state index contributed by atoms with van der Waals surface area (Å²) >= 11 is 0. The van der Waals surface area contributed by atoms with Gasteiger partial charge in [0, 0.05) is 31.2 Å². The molecule has 0 bridgehead atoms. The highest BCUT2D eigenvalue weighted by molar-refractivity contribution is 6.02. The summed E-state index contributed by atoms with van der Waals surface area (Å²) in [5, 5.41) is 0. The number of nitrogens with zero attached hydrogens (tertiary/aromatic N) is 3. The van der Waals surface area contributed by atoms with Crippen molar-refractivity contribution in [2.24, 2.45) is 4.99 Å². The van der Waals surface area contributed by atoms with Gasteiger partial charge in [-0.2, -0.15) is 0 Å². The van der Waals surface area contributed by atoms with Crippen molar-refractivity contribution in [3.63, 3.8) is 0 Å². The lowest BCUT2D eigenvalue weighted by atomic mass is 9.94. The Balaban J connectivity index is 1.50. The Kier molecular flexibility index (Phi) is 7.52. The van der Waals surface area contributed by atoms with Gasteiger partial charge in [-0.05, 0) is 57.2 Å². The smallest absolute Gasteiger partial charge is 0.295 e. The van der Waals surface area contributed by atoms with Crippen molar-refractivity contribution in [2.45, 2.75) is 103 Å². The third-order valence-electron chi connectivity index (χ3n) is 7.26. The largest absolute Gasteiger partial charge is 0.451 e. The van der Waals surface area contributed by atoms with Gasteiger partial charge in [-0.3, -0.25) is 9.69 Å². The third-order valence-corrected chi connectivity index (χ3v) is 7.26. The van der Waals surface area contributed by atoms with E-state index in [4.69, 9.17) is 9.73 Å². The quantitative estimate of drug-likeness (QED) is 0.593. The molecule has 0 N–H and O–H groups in total. The fourth-order valence-corrected chi connectivity index (χ4v) is 5.39. The lowest BCUT2D eigenvalue weighted by molar-refractivity contribution is -0.131. The highest BCUT2D eigenvalue weighted by Crippen LogP contribution is 2.30. The van der Waals surface area contributed by atoms with E-state index in [0.717, 1.165) is 44.3 Å². The van der Waals surface area contributed by atoms with E-state index in [1.807, 2.05) is 4.90 Å². The number of hydrogen-bond acceptors (Lipinski definition) is 4. The highest BCUT2D eigenvalue weighted by atomic mass is 16.5. The minimum atomic E-state index is -0.441. The van der Waals surface area contributed by atoms with Crippen molar-refractivity contribution < 1.29 is 9.53 Å². The number of anilines is 1. The van der Waals surface area contributed by atoms with Crippen LogP contribution in [-0.4, -0.2) is 48.1 Å². The molecular weight excluding hydrogens is 386 g/mol. The molecule has 1 saturated heterocycles. The molecule has 2 saturated carbocycles. The second kappa shape index (κ2) is 10.5. The molecule has 5 nitrogen and oxygen atoms in total. The molecule has 0 radical (unpaired) electrons. The molecule has 1 atom stereocenters. The summed E-state index contributed by atoms with van der Waals surface area (Å²) in [6.07, 6.45) is 12.0. The summed E-state index contributed by atoms with van der Waals surface area (Å²) < 4.78 is 6.28. The predicted molar refractivity (Wildman–Crippen MR) is 127 cm³/mol. The van der Waals surface area contributed by atoms with E-state index in [1.54, 1.807) is 0 Å². The Morgan fingerprint density at radius 2 is 1.55 bits per heavy atom. The maximum Gasteiger partial charge on any atom is 0.295 e. The van der Waals surface area contributed by atoms with Crippen LogP contribution < -0.4 is 4.90 Å². The first-order valence-electron chi connectivity index (χ1n) is 12.6. The molecule has 1 aromatic rings. The van der Waals surface area contributed by atoms with Crippen molar-refractivity contribution in [3.05, 3.63) is 29.8 Å². The van der Waals surface area contributed by atoms with E-state index >= 15 is 0 Å². The number of carbonyl (C=O) groups is 1. The zero-order valence-corrected chi connectivity index (χ0v) is 19.4. The Labute approximate surface area is 187 Å². The summed E-state index contributed by atoms with van der Waals surface area (Å²) in [7, 11) is 0. The maximum atomic E-state index is 13.4. The van der Waals surface area contributed by atoms with E-state index in [9.17, 15) is 4.79 Å². The second-order valence-electron chi connectivity index (χ2n) is 9.35. The number of benzene rings is 1. The van der Waals surface area contributed by atoms with Crippen LogP contribution in [-0.2, 0) is 16.0 Å². The van der Waals surface area contributed by atoms with Crippen LogP contribution in [0.25, 0.3) is 0 Å². The van der Waals surface area contributed by atoms with Gasteiger partial charge in [0.25, 0.3) is 11.9 Å². The van der Waals surface area contributed by atoms with Crippen LogP contribution in [0.3, 0.4) is 0 Å². The highest BCUT2D eigenvalue weighted by Gasteiger charge is 2.43. The molecule has 0 aromatic heterocycles. The molecule has 1 unspecified atom stereocenters. The summed E-state index contributed by atoms with van der Waals surface area (Å²) in [6.45, 7) is 6.35. The zero-order valence-electron chi connectivity index (χ0n) is 19.4. The lowest BCUT2D eigenvalue weighted by Crippen LogP contribution is -2.42. The average Bonchev–Trinajstić information content (AvgIpc) is 3.11. The normalized spacial score (nSPS) is 24.6. The lowest BCUT2D eigenvalue weighted by Gasteiger charge is -2.30. The number of hydrogen-bond donors (Lipinski definition) is 0. The molecular formula is C26H39N3O2. The van der Waals surface area contributed by atoms with Gasteiger partial charge in [0.05, 0.1) is 6.04 Å². The van der Waals surface area contributed by atoms with Crippen LogP contribution in [0.1, 0.15) is 83.6 Å². The SMILES string of the molecule is CCN(CC)c1ccc(CC2OC(=NC3CCCCC3)N(C3CCCCC3)C2=O)cc1. The topological polar surface area (TPSA) is 45.1 Å². The molecule has 3 aliphatic rings. The molecule has 1 amide bonds. The second-order valence-corrected chi connectivity index (χ2v) is 9.35. The minimum absolute atomic E-state index is 0.120. The molecule has 1 aromatic carbocycles. The fraction of sp³-hybridized carbons (Fsp3) is 0.692. The van der Waals surface area contributed by atoms with Crippen molar-refractivity contribution in [2.75, 3.05) is 18.0 Å². The van der Waals surface area contributed by atoms with Crippen molar-refractivity contribution >= 4 is 17.6 Å². The third kappa shape index (κ3) is 5.24. The van der Waals surface area contributed by atoms with Gasteiger partial charge in [0.2, 0.25) is 0 Å². The zero-order chi connectivity index (χ0) is 21.6. The monoisotopic (exact) mass is 425 g/mol. The first-order chi connectivity index (χ1) is 15.2. The average molecular weight is 426 g/mol. The summed E-state index contributed by atoms with van der Waals surface area (Å²) in [4.78, 5) is 22.7. The molecule has 5 heteroatoms. The van der Waals surface area contributed by atoms with Crippen molar-refractivity contribution in [1.29, 1.82) is 0 Å². The molecule has 4 rings (SSSR count). The predicted octanol–water partition coefficient (Wildman–Crippen LogP) is 5.32. The Morgan fingerprint density at radius 3 is 2.16 bits per heavy atom. The van der Waals surface area contributed by atoms with Crippen LogP contribution in [0.2, 0.25) is 0 Å². The summed E-state index contributed by atoms with van der Waals surface area (Å²) in [5.41, 5.74) is 2.38. The molecule has 2 aliphatic carbocycles. The molecule has 1 heterocycles. The number of amidine groups is 1. The first kappa shape index (κ1) is 22.2. The van der Waals surface area contributed by atoms with Gasteiger partial charge in [-0.1, -0.05) is 50.7 Å². The van der Waals surface area contributed by atoms with Gasteiger partial charge in [0.15, 0.2) is 6.10 Å². The van der Waals surface area contributed by atoms with E-state index in [1.165, 1.54) is 44.2 Å². The number of aliphatic imine (C=N–C) groups is 1. The van der Waals surface area contributed by atoms with Crippen LogP contribution in [0, 0.1) is 0 Å². The van der Waals surface area contributed by atoms with Crippen LogP contribution in [0.4, 0.5) is 5.69 Å². The molecule has 31 heavy (non-hydrogen) atoms. The molecule has 170 valence electrons. The van der Waals surface area contributed by atoms with Crippen molar-refractivity contribution in [1.82, 2.24) is 4.90 Å². The fourth-order valence-electron chi connectivity index (χ4n) is 5.39. The van der Waals surface area contributed by atoms with Gasteiger partial charge in [-0.15, -0.1) is 0 Å². The number of ether oxygens (including phenoxy) is 1. The Morgan fingerprint density at radius 1 is 0.935 bits per heavy atom. The first-order valence-corrected chi connectivity index (χ1v) is 12.6. The van der Waals surface area contributed by atoms with Crippen molar-refractivity contribution in [3.8, 4) is 0 Å². The van der Waals surface area contributed by atoms with Crippen LogP contribution in [0.5, 0.6) is 0 Å². The molecule has 1 aliphatic heterocycles. The van der Waals surface area contributed by atoms with E-state index in [2.05, 4.69) is 43.0 Å². The summed E-state index contributed by atoms with van der Waals surface area (Å²) in [5.74, 6) is 0.120. The Hall–Kier alpha value is -2.04.